The summed E-state index contributed by atoms with van der Waals surface area (Å²) < 4.78 is 0. The molecule has 2 nitrogen and oxygen atoms in total. The lowest BCUT2D eigenvalue weighted by molar-refractivity contribution is 0.491. The van der Waals surface area contributed by atoms with Crippen LogP contribution in [0.15, 0.2) is 30.5 Å². The second-order valence-electron chi connectivity index (χ2n) is 8.08. The Balaban J connectivity index is 2.01. The van der Waals surface area contributed by atoms with E-state index in [1.54, 1.807) is 0 Å². The van der Waals surface area contributed by atoms with Gasteiger partial charge >= 0.3 is 0 Å². The molecular formula is C25H37ClN2S. The summed E-state index contributed by atoms with van der Waals surface area (Å²) in [6.07, 6.45) is 17.2. The van der Waals surface area contributed by atoms with Crippen LogP contribution in [0.5, 0.6) is 0 Å². The van der Waals surface area contributed by atoms with Crippen molar-refractivity contribution in [2.45, 2.75) is 90.9 Å². The SMILES string of the molecule is CCCCCCCCC(CCCCCC)C(=S)Nc1c(Cl)ccc2ncccc12. The summed E-state index contributed by atoms with van der Waals surface area (Å²) in [5.41, 5.74) is 1.85. The highest BCUT2D eigenvalue weighted by Gasteiger charge is 2.17. The lowest BCUT2D eigenvalue weighted by atomic mass is 9.94. The van der Waals surface area contributed by atoms with Crippen LogP contribution in [0.4, 0.5) is 5.69 Å². The van der Waals surface area contributed by atoms with Crippen LogP contribution in [-0.2, 0) is 0 Å². The molecule has 0 radical (unpaired) electrons. The first-order chi connectivity index (χ1) is 14.2. The molecule has 0 aliphatic rings. The Bertz CT molecular complexity index is 747. The molecule has 1 aromatic heterocycles. The third kappa shape index (κ3) is 8.22. The van der Waals surface area contributed by atoms with Crippen molar-refractivity contribution in [2.24, 2.45) is 5.92 Å². The fraction of sp³-hybridized carbons (Fsp3) is 0.600. The maximum absolute atomic E-state index is 6.52. The number of fused-ring (bicyclic) bond motifs is 1. The molecule has 1 N–H and O–H groups in total. The van der Waals surface area contributed by atoms with Gasteiger partial charge in [0.25, 0.3) is 0 Å². The van der Waals surface area contributed by atoms with Crippen molar-refractivity contribution >= 4 is 45.4 Å². The Morgan fingerprint density at radius 2 is 1.55 bits per heavy atom. The molecule has 2 rings (SSSR count). The molecule has 1 atom stereocenters. The maximum atomic E-state index is 6.52. The number of rotatable bonds is 14. The van der Waals surface area contributed by atoms with Gasteiger partial charge in [-0.1, -0.05) is 102 Å². The van der Waals surface area contributed by atoms with Gasteiger partial charge in [-0.2, -0.15) is 0 Å². The quantitative estimate of drug-likeness (QED) is 0.238. The maximum Gasteiger partial charge on any atom is 0.0829 e. The summed E-state index contributed by atoms with van der Waals surface area (Å²) in [5, 5.41) is 5.25. The molecule has 0 aliphatic heterocycles. The molecular weight excluding hydrogens is 396 g/mol. The lowest BCUT2D eigenvalue weighted by Gasteiger charge is -2.21. The van der Waals surface area contributed by atoms with Gasteiger partial charge in [0.2, 0.25) is 0 Å². The Hall–Kier alpha value is -1.19. The second kappa shape index (κ2) is 13.9. The molecule has 4 heteroatoms. The van der Waals surface area contributed by atoms with Gasteiger partial charge in [0.15, 0.2) is 0 Å². The summed E-state index contributed by atoms with van der Waals surface area (Å²) >= 11 is 12.4. The molecule has 0 saturated carbocycles. The molecule has 1 unspecified atom stereocenters. The molecule has 0 spiro atoms. The van der Waals surface area contributed by atoms with Crippen molar-refractivity contribution in [3.05, 3.63) is 35.5 Å². The Kier molecular flexibility index (Phi) is 11.6. The first-order valence-corrected chi connectivity index (χ1v) is 12.3. The highest BCUT2D eigenvalue weighted by Crippen LogP contribution is 2.32. The van der Waals surface area contributed by atoms with Crippen LogP contribution in [-0.4, -0.2) is 9.97 Å². The second-order valence-corrected chi connectivity index (χ2v) is 8.93. The largest absolute Gasteiger partial charge is 0.348 e. The van der Waals surface area contributed by atoms with Gasteiger partial charge in [-0.25, -0.2) is 0 Å². The molecule has 1 heterocycles. The molecule has 0 saturated heterocycles. The fourth-order valence-corrected chi connectivity index (χ4v) is 4.42. The van der Waals surface area contributed by atoms with Crippen LogP contribution in [0, 0.1) is 5.92 Å². The lowest BCUT2D eigenvalue weighted by Crippen LogP contribution is -2.21. The third-order valence-corrected chi connectivity index (χ3v) is 6.42. The molecule has 2 aromatic rings. The molecule has 0 aliphatic carbocycles. The van der Waals surface area contributed by atoms with Gasteiger partial charge in [0.1, 0.15) is 0 Å². The highest BCUT2D eigenvalue weighted by atomic mass is 35.5. The number of nitrogens with one attached hydrogen (secondary N) is 1. The van der Waals surface area contributed by atoms with Crippen LogP contribution in [0.1, 0.15) is 90.9 Å². The van der Waals surface area contributed by atoms with Gasteiger partial charge < -0.3 is 5.32 Å². The van der Waals surface area contributed by atoms with E-state index in [0.717, 1.165) is 21.6 Å². The van der Waals surface area contributed by atoms with Crippen molar-refractivity contribution in [1.82, 2.24) is 4.98 Å². The number of halogens is 1. The Morgan fingerprint density at radius 1 is 0.931 bits per heavy atom. The van der Waals surface area contributed by atoms with Gasteiger partial charge in [-0.15, -0.1) is 0 Å². The highest BCUT2D eigenvalue weighted by molar-refractivity contribution is 7.80. The molecule has 0 amide bonds. The van der Waals surface area contributed by atoms with E-state index in [1.807, 2.05) is 24.4 Å². The average Bonchev–Trinajstić information content (AvgIpc) is 2.74. The molecule has 29 heavy (non-hydrogen) atoms. The Labute approximate surface area is 187 Å². The number of nitrogens with zero attached hydrogens (tertiary/aromatic N) is 1. The number of aromatic nitrogens is 1. The number of thiocarbonyl (C=S) groups is 1. The predicted molar refractivity (Wildman–Crippen MR) is 133 cm³/mol. The summed E-state index contributed by atoms with van der Waals surface area (Å²) in [5.74, 6) is 0.427. The van der Waals surface area contributed by atoms with E-state index in [0.29, 0.717) is 10.9 Å². The van der Waals surface area contributed by atoms with Gasteiger partial charge in [0.05, 0.1) is 21.2 Å². The zero-order valence-electron chi connectivity index (χ0n) is 18.2. The minimum absolute atomic E-state index is 0.427. The van der Waals surface area contributed by atoms with Crippen LogP contribution >= 0.6 is 23.8 Å². The van der Waals surface area contributed by atoms with Crippen LogP contribution in [0.2, 0.25) is 5.02 Å². The van der Waals surface area contributed by atoms with E-state index in [1.165, 1.54) is 77.0 Å². The number of hydrogen-bond donors (Lipinski definition) is 1. The summed E-state index contributed by atoms with van der Waals surface area (Å²) in [7, 11) is 0. The number of pyridine rings is 1. The first-order valence-electron chi connectivity index (χ1n) is 11.5. The van der Waals surface area contributed by atoms with Crippen molar-refractivity contribution in [2.75, 3.05) is 5.32 Å². The van der Waals surface area contributed by atoms with E-state index in [4.69, 9.17) is 23.8 Å². The van der Waals surface area contributed by atoms with Crippen LogP contribution in [0.25, 0.3) is 10.9 Å². The van der Waals surface area contributed by atoms with Crippen molar-refractivity contribution in [3.63, 3.8) is 0 Å². The normalized spacial score (nSPS) is 12.2. The van der Waals surface area contributed by atoms with E-state index in [9.17, 15) is 0 Å². The summed E-state index contributed by atoms with van der Waals surface area (Å²) in [4.78, 5) is 5.39. The zero-order valence-corrected chi connectivity index (χ0v) is 19.8. The van der Waals surface area contributed by atoms with Crippen LogP contribution < -0.4 is 5.32 Å². The van der Waals surface area contributed by atoms with Crippen LogP contribution in [0.3, 0.4) is 0 Å². The third-order valence-electron chi connectivity index (χ3n) is 5.67. The average molecular weight is 433 g/mol. The minimum atomic E-state index is 0.427. The van der Waals surface area contributed by atoms with Gasteiger partial charge in [-0.05, 0) is 37.1 Å². The van der Waals surface area contributed by atoms with Crippen molar-refractivity contribution in [3.8, 4) is 0 Å². The van der Waals surface area contributed by atoms with Gasteiger partial charge in [0, 0.05) is 17.5 Å². The van der Waals surface area contributed by atoms with E-state index in [2.05, 4.69) is 30.2 Å². The number of unbranched alkanes of at least 4 members (excludes halogenated alkanes) is 8. The monoisotopic (exact) mass is 432 g/mol. The van der Waals surface area contributed by atoms with Crippen molar-refractivity contribution in [1.29, 1.82) is 0 Å². The van der Waals surface area contributed by atoms with Crippen molar-refractivity contribution < 1.29 is 0 Å². The van der Waals surface area contributed by atoms with E-state index in [-0.39, 0.29) is 0 Å². The predicted octanol–water partition coefficient (Wildman–Crippen LogP) is 8.96. The topological polar surface area (TPSA) is 24.9 Å². The standard InChI is InChI=1S/C25H37ClN2S/c1-3-5-7-9-10-12-15-20(14-11-8-6-4-2)25(29)28-24-21-16-13-19-27-23(21)18-17-22(24)26/h13,16-20H,3-12,14-15H2,1-2H3,(H,28,29). The summed E-state index contributed by atoms with van der Waals surface area (Å²) in [6.45, 7) is 4.53. The Morgan fingerprint density at radius 3 is 2.24 bits per heavy atom. The number of benzene rings is 1. The minimum Gasteiger partial charge on any atom is -0.348 e. The zero-order chi connectivity index (χ0) is 20.9. The smallest absolute Gasteiger partial charge is 0.0829 e. The molecule has 1 aromatic carbocycles. The number of hydrogen-bond acceptors (Lipinski definition) is 2. The van der Waals surface area contributed by atoms with Gasteiger partial charge in [-0.3, -0.25) is 4.98 Å². The molecule has 0 fully saturated rings. The first kappa shape index (κ1) is 24.1. The number of anilines is 1. The summed E-state index contributed by atoms with van der Waals surface area (Å²) in [6, 6.07) is 7.88. The van der Waals surface area contributed by atoms with E-state index < -0.39 is 0 Å². The molecule has 160 valence electrons. The molecule has 0 bridgehead atoms. The fourth-order valence-electron chi connectivity index (χ4n) is 3.87. The van der Waals surface area contributed by atoms with E-state index >= 15 is 0 Å².